The summed E-state index contributed by atoms with van der Waals surface area (Å²) in [6.07, 6.45) is 1.59. The molecule has 2 N–H and O–H groups in total. The highest BCUT2D eigenvalue weighted by molar-refractivity contribution is 7.90. The monoisotopic (exact) mass is 433 g/mol. The predicted molar refractivity (Wildman–Crippen MR) is 113 cm³/mol. The van der Waals surface area contributed by atoms with Gasteiger partial charge in [0.15, 0.2) is 5.65 Å². The molecule has 2 aliphatic rings. The summed E-state index contributed by atoms with van der Waals surface area (Å²) in [5.74, 6) is 0. The molecular formula is C19H20ClN5O3S. The minimum Gasteiger partial charge on any atom is -0.369 e. The van der Waals surface area contributed by atoms with Gasteiger partial charge in [-0.25, -0.2) is 18.2 Å². The van der Waals surface area contributed by atoms with Gasteiger partial charge in [0, 0.05) is 37.4 Å². The van der Waals surface area contributed by atoms with Crippen molar-refractivity contribution in [1.29, 1.82) is 0 Å². The number of aromatic nitrogens is 3. The summed E-state index contributed by atoms with van der Waals surface area (Å²) < 4.78 is 26.4. The van der Waals surface area contributed by atoms with Gasteiger partial charge in [0.05, 0.1) is 21.5 Å². The van der Waals surface area contributed by atoms with E-state index in [0.29, 0.717) is 48.1 Å². The van der Waals surface area contributed by atoms with E-state index in [1.54, 1.807) is 10.4 Å². The number of imidazole rings is 1. The second-order valence-electron chi connectivity index (χ2n) is 7.47. The molecule has 1 aliphatic carbocycles. The summed E-state index contributed by atoms with van der Waals surface area (Å²) in [6.45, 7) is 2.37. The van der Waals surface area contributed by atoms with Crippen LogP contribution in [0.1, 0.15) is 12.8 Å². The Hall–Kier alpha value is -2.36. The van der Waals surface area contributed by atoms with E-state index in [-0.39, 0.29) is 10.9 Å². The number of hydrogen-bond donors (Lipinski definition) is 2. The van der Waals surface area contributed by atoms with Gasteiger partial charge in [0.2, 0.25) is 10.0 Å². The van der Waals surface area contributed by atoms with Gasteiger partial charge in [0.1, 0.15) is 0 Å². The number of fused-ring (bicyclic) bond motifs is 1. The van der Waals surface area contributed by atoms with Gasteiger partial charge in [0.25, 0.3) is 0 Å². The first-order valence-electron chi connectivity index (χ1n) is 9.55. The van der Waals surface area contributed by atoms with Crippen LogP contribution in [0.25, 0.3) is 22.4 Å². The van der Waals surface area contributed by atoms with E-state index in [2.05, 4.69) is 19.9 Å². The van der Waals surface area contributed by atoms with Crippen LogP contribution < -0.4 is 10.6 Å². The van der Waals surface area contributed by atoms with E-state index in [1.807, 2.05) is 24.3 Å². The molecule has 1 aliphatic heterocycles. The third-order valence-corrected chi connectivity index (χ3v) is 8.19. The highest BCUT2D eigenvalue weighted by atomic mass is 35.5. The van der Waals surface area contributed by atoms with Crippen molar-refractivity contribution in [3.63, 3.8) is 0 Å². The molecule has 1 aromatic carbocycles. The van der Waals surface area contributed by atoms with Crippen molar-refractivity contribution in [1.82, 2.24) is 19.3 Å². The van der Waals surface area contributed by atoms with Gasteiger partial charge in [-0.1, -0.05) is 23.7 Å². The zero-order valence-corrected chi connectivity index (χ0v) is 17.1. The van der Waals surface area contributed by atoms with E-state index in [0.717, 1.165) is 24.1 Å². The molecule has 1 saturated heterocycles. The third kappa shape index (κ3) is 3.43. The van der Waals surface area contributed by atoms with Crippen LogP contribution >= 0.6 is 11.6 Å². The maximum absolute atomic E-state index is 12.4. The number of rotatable bonds is 4. The first kappa shape index (κ1) is 18.7. The summed E-state index contributed by atoms with van der Waals surface area (Å²) in [7, 11) is -3.10. The van der Waals surface area contributed by atoms with Crippen LogP contribution in [-0.2, 0) is 10.0 Å². The minimum atomic E-state index is -3.10. The van der Waals surface area contributed by atoms with Gasteiger partial charge < -0.3 is 9.88 Å². The summed E-state index contributed by atoms with van der Waals surface area (Å²) in [6, 6.07) is 9.54. The summed E-state index contributed by atoms with van der Waals surface area (Å²) >= 11 is 6.35. The van der Waals surface area contributed by atoms with E-state index < -0.39 is 10.0 Å². The Morgan fingerprint density at radius 3 is 2.38 bits per heavy atom. The molecule has 3 heterocycles. The maximum atomic E-state index is 12.4. The van der Waals surface area contributed by atoms with E-state index >= 15 is 0 Å². The number of pyridine rings is 1. The fraction of sp³-hybridized carbons (Fsp3) is 0.368. The first-order valence-corrected chi connectivity index (χ1v) is 11.4. The first-order chi connectivity index (χ1) is 13.9. The van der Waals surface area contributed by atoms with Gasteiger partial charge in [-0.3, -0.25) is 4.98 Å². The van der Waals surface area contributed by atoms with Crippen LogP contribution in [0.15, 0.2) is 35.1 Å². The zero-order valence-electron chi connectivity index (χ0n) is 15.6. The zero-order chi connectivity index (χ0) is 20.2. The molecule has 2 fully saturated rings. The molecule has 0 amide bonds. The second-order valence-corrected chi connectivity index (χ2v) is 10.1. The number of H-pyrrole nitrogens is 2. The summed E-state index contributed by atoms with van der Waals surface area (Å²) in [5, 5.41) is 0.303. The Morgan fingerprint density at radius 2 is 1.72 bits per heavy atom. The van der Waals surface area contributed by atoms with Gasteiger partial charge in [-0.15, -0.1) is 0 Å². The van der Waals surface area contributed by atoms with Crippen molar-refractivity contribution < 1.29 is 8.42 Å². The van der Waals surface area contributed by atoms with Crippen molar-refractivity contribution in [2.45, 2.75) is 18.1 Å². The second kappa shape index (κ2) is 6.86. The van der Waals surface area contributed by atoms with Crippen molar-refractivity contribution in [3.8, 4) is 11.3 Å². The number of benzene rings is 1. The molecular weight excluding hydrogens is 414 g/mol. The van der Waals surface area contributed by atoms with Crippen molar-refractivity contribution in [2.75, 3.05) is 31.1 Å². The van der Waals surface area contributed by atoms with Gasteiger partial charge in [-0.2, -0.15) is 4.31 Å². The average molecular weight is 434 g/mol. The normalized spacial score (nSPS) is 18.4. The SMILES string of the molecule is O=c1[nH]c2cc(Cl)c(-c3ccc(N4CCN(S(=O)(=O)C5CC5)CC4)cc3)nc2[nH]1. The van der Waals surface area contributed by atoms with Crippen LogP contribution in [0.3, 0.4) is 0 Å². The molecule has 8 nitrogen and oxygen atoms in total. The molecule has 152 valence electrons. The molecule has 2 aromatic heterocycles. The van der Waals surface area contributed by atoms with Crippen LogP contribution in [0.4, 0.5) is 5.69 Å². The number of halogens is 1. The molecule has 0 unspecified atom stereocenters. The Labute approximate surface area is 172 Å². The number of piperazine rings is 1. The standard InChI is InChI=1S/C19H20ClN5O3S/c20-15-11-16-18(23-19(26)21-16)22-17(15)12-1-3-13(4-2-12)24-7-9-25(10-8-24)29(27,28)14-5-6-14/h1-4,11,14H,5-10H2,(H2,21,22,23,26). The van der Waals surface area contributed by atoms with Crippen LogP contribution in [-0.4, -0.2) is 59.1 Å². The van der Waals surface area contributed by atoms with E-state index in [9.17, 15) is 13.2 Å². The summed E-state index contributed by atoms with van der Waals surface area (Å²) in [4.78, 5) is 23.4. The highest BCUT2D eigenvalue weighted by Gasteiger charge is 2.40. The fourth-order valence-electron chi connectivity index (χ4n) is 3.75. The minimum absolute atomic E-state index is 0.155. The third-order valence-electron chi connectivity index (χ3n) is 5.51. The molecule has 0 bridgehead atoms. The lowest BCUT2D eigenvalue weighted by atomic mass is 10.1. The fourth-order valence-corrected chi connectivity index (χ4v) is 5.84. The number of anilines is 1. The Morgan fingerprint density at radius 1 is 1.03 bits per heavy atom. The Kier molecular flexibility index (Phi) is 4.41. The van der Waals surface area contributed by atoms with Crippen molar-refractivity contribution >= 4 is 38.5 Å². The van der Waals surface area contributed by atoms with Gasteiger partial charge in [-0.05, 0) is 31.0 Å². The predicted octanol–water partition coefficient (Wildman–Crippen LogP) is 2.19. The smallest absolute Gasteiger partial charge is 0.325 e. The van der Waals surface area contributed by atoms with Crippen LogP contribution in [0.5, 0.6) is 0 Å². The van der Waals surface area contributed by atoms with E-state index in [1.165, 1.54) is 0 Å². The molecule has 3 aromatic rings. The maximum Gasteiger partial charge on any atom is 0.325 e. The van der Waals surface area contributed by atoms with Gasteiger partial charge >= 0.3 is 5.69 Å². The van der Waals surface area contributed by atoms with Crippen molar-refractivity contribution in [3.05, 3.63) is 45.8 Å². The lowest BCUT2D eigenvalue weighted by Crippen LogP contribution is -2.49. The average Bonchev–Trinajstić information content (AvgIpc) is 3.51. The van der Waals surface area contributed by atoms with Crippen LogP contribution in [0, 0.1) is 0 Å². The lowest BCUT2D eigenvalue weighted by molar-refractivity contribution is 0.384. The number of sulfonamides is 1. The Balaban J connectivity index is 1.33. The molecule has 29 heavy (non-hydrogen) atoms. The topological polar surface area (TPSA) is 102 Å². The molecule has 5 rings (SSSR count). The van der Waals surface area contributed by atoms with Crippen molar-refractivity contribution in [2.24, 2.45) is 0 Å². The molecule has 0 atom stereocenters. The van der Waals surface area contributed by atoms with E-state index in [4.69, 9.17) is 11.6 Å². The number of nitrogens with zero attached hydrogens (tertiary/aromatic N) is 3. The number of hydrogen-bond acceptors (Lipinski definition) is 5. The van der Waals surface area contributed by atoms with Crippen LogP contribution in [0.2, 0.25) is 5.02 Å². The molecule has 10 heteroatoms. The highest BCUT2D eigenvalue weighted by Crippen LogP contribution is 2.32. The number of nitrogens with one attached hydrogen (secondary N) is 2. The lowest BCUT2D eigenvalue weighted by Gasteiger charge is -2.35. The molecule has 0 spiro atoms. The molecule has 1 saturated carbocycles. The quantitative estimate of drug-likeness (QED) is 0.656. The molecule has 0 radical (unpaired) electrons. The largest absolute Gasteiger partial charge is 0.369 e. The Bertz CT molecular complexity index is 1220. The number of aromatic amines is 2. The summed E-state index contributed by atoms with van der Waals surface area (Å²) in [5.41, 5.74) is 3.19.